The molecule has 158 valence electrons. The minimum atomic E-state index is -1.03. The molecule has 0 fully saturated rings. The van der Waals surface area contributed by atoms with Crippen molar-refractivity contribution in [3.05, 3.63) is 95.3 Å². The van der Waals surface area contributed by atoms with E-state index in [2.05, 4.69) is 6.92 Å². The molecule has 0 saturated heterocycles. The van der Waals surface area contributed by atoms with E-state index in [9.17, 15) is 17.6 Å². The maximum absolute atomic E-state index is 15.2. The van der Waals surface area contributed by atoms with Crippen molar-refractivity contribution in [2.75, 3.05) is 0 Å². The number of fused-ring (bicyclic) bond motifs is 1. The highest BCUT2D eigenvalue weighted by molar-refractivity contribution is 5.89. The molecule has 0 spiro atoms. The molecule has 0 bridgehead atoms. The van der Waals surface area contributed by atoms with E-state index in [0.717, 1.165) is 49.1 Å². The second kappa shape index (κ2) is 8.50. The zero-order valence-corrected chi connectivity index (χ0v) is 16.8. The molecule has 0 nitrogen and oxygen atoms in total. The lowest BCUT2D eigenvalue weighted by Gasteiger charge is -2.12. The van der Waals surface area contributed by atoms with Gasteiger partial charge in [-0.25, -0.2) is 22.0 Å². The fourth-order valence-electron chi connectivity index (χ4n) is 3.80. The molecule has 4 aromatic carbocycles. The van der Waals surface area contributed by atoms with Gasteiger partial charge in [0.15, 0.2) is 0 Å². The zero-order chi connectivity index (χ0) is 22.1. The Morgan fingerprint density at radius 3 is 2.00 bits per heavy atom. The Bertz CT molecular complexity index is 1230. The minimum absolute atomic E-state index is 0.00471. The number of hydrogen-bond acceptors (Lipinski definition) is 0. The molecule has 0 atom stereocenters. The van der Waals surface area contributed by atoms with E-state index in [1.165, 1.54) is 6.07 Å². The van der Waals surface area contributed by atoms with Crippen molar-refractivity contribution in [2.24, 2.45) is 0 Å². The van der Waals surface area contributed by atoms with Crippen molar-refractivity contribution in [1.82, 2.24) is 0 Å². The monoisotopic (exact) mass is 426 g/mol. The topological polar surface area (TPSA) is 0 Å². The molecule has 0 aliphatic heterocycles. The molecule has 0 aliphatic rings. The van der Waals surface area contributed by atoms with Crippen LogP contribution in [0.2, 0.25) is 0 Å². The Labute approximate surface area is 177 Å². The van der Waals surface area contributed by atoms with Crippen LogP contribution in [0.1, 0.15) is 25.3 Å². The van der Waals surface area contributed by atoms with Gasteiger partial charge >= 0.3 is 0 Å². The molecule has 0 aromatic heterocycles. The summed E-state index contributed by atoms with van der Waals surface area (Å²) in [5, 5.41) is 1.07. The van der Waals surface area contributed by atoms with Crippen LogP contribution in [-0.4, -0.2) is 0 Å². The molecule has 0 radical (unpaired) electrons. The summed E-state index contributed by atoms with van der Waals surface area (Å²) in [4.78, 5) is 0. The van der Waals surface area contributed by atoms with Gasteiger partial charge in [0.05, 0.1) is 5.56 Å². The Kier molecular flexibility index (Phi) is 5.77. The summed E-state index contributed by atoms with van der Waals surface area (Å²) in [5.41, 5.74) is 0.320. The summed E-state index contributed by atoms with van der Waals surface area (Å²) in [6, 6.07) is 12.9. The van der Waals surface area contributed by atoms with E-state index in [0.29, 0.717) is 16.8 Å². The molecule has 0 saturated carbocycles. The summed E-state index contributed by atoms with van der Waals surface area (Å²) in [7, 11) is 0. The fraction of sp³-hybridized carbons (Fsp3) is 0.154. The Morgan fingerprint density at radius 2 is 1.35 bits per heavy atom. The average molecular weight is 426 g/mol. The normalized spacial score (nSPS) is 11.3. The molecule has 31 heavy (non-hydrogen) atoms. The third kappa shape index (κ3) is 4.18. The van der Waals surface area contributed by atoms with Gasteiger partial charge in [-0.2, -0.15) is 0 Å². The summed E-state index contributed by atoms with van der Waals surface area (Å²) in [6.45, 7) is 2.10. The maximum atomic E-state index is 15.2. The van der Waals surface area contributed by atoms with Crippen molar-refractivity contribution >= 4 is 10.8 Å². The first-order valence-electron chi connectivity index (χ1n) is 10.0. The van der Waals surface area contributed by atoms with Crippen LogP contribution in [-0.2, 0) is 6.42 Å². The van der Waals surface area contributed by atoms with Gasteiger partial charge in [0.2, 0.25) is 0 Å². The first kappa shape index (κ1) is 21.0. The van der Waals surface area contributed by atoms with Crippen LogP contribution in [0.25, 0.3) is 33.0 Å². The van der Waals surface area contributed by atoms with E-state index in [1.807, 2.05) is 12.1 Å². The molecule has 4 aromatic rings. The summed E-state index contributed by atoms with van der Waals surface area (Å²) in [5.74, 6) is -4.54. The lowest BCUT2D eigenvalue weighted by molar-refractivity contribution is 0.578. The van der Waals surface area contributed by atoms with Gasteiger partial charge in [-0.1, -0.05) is 43.7 Å². The van der Waals surface area contributed by atoms with Gasteiger partial charge in [0.1, 0.15) is 29.1 Å². The van der Waals surface area contributed by atoms with E-state index in [-0.39, 0.29) is 16.7 Å². The molecule has 0 heterocycles. The summed E-state index contributed by atoms with van der Waals surface area (Å²) < 4.78 is 71.7. The zero-order valence-electron chi connectivity index (χ0n) is 16.8. The molecule has 0 unspecified atom stereocenters. The summed E-state index contributed by atoms with van der Waals surface area (Å²) >= 11 is 0. The van der Waals surface area contributed by atoms with Crippen LogP contribution in [0.4, 0.5) is 22.0 Å². The van der Waals surface area contributed by atoms with Crippen molar-refractivity contribution in [2.45, 2.75) is 26.2 Å². The van der Waals surface area contributed by atoms with E-state index < -0.39 is 34.6 Å². The van der Waals surface area contributed by atoms with Gasteiger partial charge in [-0.05, 0) is 59.2 Å². The predicted molar refractivity (Wildman–Crippen MR) is 113 cm³/mol. The predicted octanol–water partition coefficient (Wildman–Crippen LogP) is 8.21. The molecule has 0 N–H and O–H groups in total. The third-order valence-corrected chi connectivity index (χ3v) is 5.34. The number of hydrogen-bond donors (Lipinski definition) is 0. The van der Waals surface area contributed by atoms with Crippen molar-refractivity contribution in [3.63, 3.8) is 0 Å². The third-order valence-electron chi connectivity index (χ3n) is 5.34. The van der Waals surface area contributed by atoms with Crippen molar-refractivity contribution < 1.29 is 22.0 Å². The van der Waals surface area contributed by atoms with Gasteiger partial charge in [0, 0.05) is 17.0 Å². The number of benzene rings is 4. The smallest absolute Gasteiger partial charge is 0.138 e. The van der Waals surface area contributed by atoms with Crippen LogP contribution in [0.3, 0.4) is 0 Å². The van der Waals surface area contributed by atoms with Crippen molar-refractivity contribution in [1.29, 1.82) is 0 Å². The maximum Gasteiger partial charge on any atom is 0.138 e. The van der Waals surface area contributed by atoms with Crippen LogP contribution in [0, 0.1) is 29.1 Å². The summed E-state index contributed by atoms with van der Waals surface area (Å²) in [6.07, 6.45) is 2.99. The SMILES string of the molecule is CCCCc1ccc2c(F)c(-c3cc(F)c(-c4cc(F)cc(F)c4)c(F)c3)ccc2c1. The van der Waals surface area contributed by atoms with Crippen molar-refractivity contribution in [3.8, 4) is 22.3 Å². The first-order chi connectivity index (χ1) is 14.9. The first-order valence-corrected chi connectivity index (χ1v) is 10.0. The standard InChI is InChI=1S/C26H19F5/c1-2-3-4-15-5-7-21-16(9-15)6-8-22(26(21)31)17-12-23(29)25(24(30)13-17)18-10-19(27)14-20(28)11-18/h5-14H,2-4H2,1H3. The minimum Gasteiger partial charge on any atom is -0.207 e. The van der Waals surface area contributed by atoms with Gasteiger partial charge in [0.25, 0.3) is 0 Å². The van der Waals surface area contributed by atoms with Crippen LogP contribution >= 0.6 is 0 Å². The number of unbranched alkanes of at least 4 members (excludes halogenated alkanes) is 1. The highest BCUT2D eigenvalue weighted by Crippen LogP contribution is 2.35. The molecule has 0 aliphatic carbocycles. The van der Waals surface area contributed by atoms with Gasteiger partial charge in [-0.15, -0.1) is 0 Å². The lowest BCUT2D eigenvalue weighted by atomic mass is 9.95. The molecular formula is C26H19F5. The van der Waals surface area contributed by atoms with Gasteiger partial charge < -0.3 is 0 Å². The Balaban J connectivity index is 1.78. The van der Waals surface area contributed by atoms with Crippen LogP contribution < -0.4 is 0 Å². The average Bonchev–Trinajstić information content (AvgIpc) is 2.71. The van der Waals surface area contributed by atoms with E-state index >= 15 is 4.39 Å². The van der Waals surface area contributed by atoms with E-state index in [4.69, 9.17) is 0 Å². The van der Waals surface area contributed by atoms with Crippen LogP contribution in [0.15, 0.2) is 60.7 Å². The number of aryl methyl sites for hydroxylation is 1. The van der Waals surface area contributed by atoms with Gasteiger partial charge in [-0.3, -0.25) is 0 Å². The second-order valence-corrected chi connectivity index (χ2v) is 7.56. The Hall–Kier alpha value is -3.21. The number of rotatable bonds is 5. The van der Waals surface area contributed by atoms with E-state index in [1.54, 1.807) is 12.1 Å². The fourth-order valence-corrected chi connectivity index (χ4v) is 3.80. The highest BCUT2D eigenvalue weighted by Gasteiger charge is 2.18. The largest absolute Gasteiger partial charge is 0.207 e. The Morgan fingerprint density at radius 1 is 0.677 bits per heavy atom. The molecular weight excluding hydrogens is 407 g/mol. The second-order valence-electron chi connectivity index (χ2n) is 7.56. The van der Waals surface area contributed by atoms with Crippen LogP contribution in [0.5, 0.6) is 0 Å². The lowest BCUT2D eigenvalue weighted by Crippen LogP contribution is -1.96. The molecule has 5 heteroatoms. The quantitative estimate of drug-likeness (QED) is 0.282. The molecule has 4 rings (SSSR count). The highest BCUT2D eigenvalue weighted by atomic mass is 19.1. The number of halogens is 5. The molecule has 0 amide bonds.